The first-order valence-corrected chi connectivity index (χ1v) is 9.47. The van der Waals surface area contributed by atoms with Crippen molar-refractivity contribution in [2.24, 2.45) is 0 Å². The van der Waals surface area contributed by atoms with E-state index in [1.54, 1.807) is 28.0 Å². The van der Waals surface area contributed by atoms with Gasteiger partial charge < -0.3 is 9.64 Å². The molecular formula is C19H21ClF2N4O2. The quantitative estimate of drug-likeness (QED) is 0.823. The Balaban J connectivity index is 1.39. The highest BCUT2D eigenvalue weighted by Crippen LogP contribution is 2.35. The van der Waals surface area contributed by atoms with Crippen LogP contribution in [-0.4, -0.2) is 77.3 Å². The fraction of sp³-hybridized carbons (Fsp3) is 0.474. The monoisotopic (exact) mass is 410 g/mol. The van der Waals surface area contributed by atoms with Gasteiger partial charge in [0.2, 0.25) is 0 Å². The summed E-state index contributed by atoms with van der Waals surface area (Å²) in [5.41, 5.74) is 1.81. The number of alkyl halides is 2. The van der Waals surface area contributed by atoms with Crippen molar-refractivity contribution in [1.29, 1.82) is 0 Å². The molecule has 0 radical (unpaired) electrons. The number of hydrogen-bond acceptors (Lipinski definition) is 4. The van der Waals surface area contributed by atoms with Crippen LogP contribution in [0.3, 0.4) is 0 Å². The first-order chi connectivity index (χ1) is 13.4. The summed E-state index contributed by atoms with van der Waals surface area (Å²) in [6, 6.07) is 8.50. The number of halogens is 3. The largest absolute Gasteiger partial charge is 0.383 e. The number of carbonyl (C=O) groups excluding carboxylic acids is 1. The highest BCUT2D eigenvalue weighted by atomic mass is 35.5. The van der Waals surface area contributed by atoms with Crippen molar-refractivity contribution in [3.63, 3.8) is 0 Å². The topological polar surface area (TPSA) is 61.5 Å². The molecule has 1 aromatic heterocycles. The number of methoxy groups -OCH3 is 1. The number of amides is 1. The molecule has 0 bridgehead atoms. The van der Waals surface area contributed by atoms with E-state index in [0.717, 1.165) is 5.56 Å². The number of H-pyrrole nitrogens is 1. The molecule has 28 heavy (non-hydrogen) atoms. The molecule has 6 nitrogen and oxygen atoms in total. The number of rotatable bonds is 5. The minimum Gasteiger partial charge on any atom is -0.383 e. The molecule has 9 heteroatoms. The number of nitrogens with zero attached hydrogens (tertiary/aromatic N) is 3. The van der Waals surface area contributed by atoms with Gasteiger partial charge in [0.25, 0.3) is 11.8 Å². The van der Waals surface area contributed by atoms with Crippen LogP contribution in [0, 0.1) is 0 Å². The molecule has 0 aliphatic carbocycles. The molecule has 2 aliphatic heterocycles. The van der Waals surface area contributed by atoms with Gasteiger partial charge in [0.15, 0.2) is 0 Å². The Bertz CT molecular complexity index is 869. The lowest BCUT2D eigenvalue weighted by Gasteiger charge is -2.45. The van der Waals surface area contributed by atoms with Crippen LogP contribution in [0.15, 0.2) is 30.3 Å². The molecule has 1 aromatic carbocycles. The molecule has 1 amide bonds. The Morgan fingerprint density at radius 1 is 1.39 bits per heavy atom. The molecule has 2 saturated heterocycles. The molecule has 2 aliphatic rings. The van der Waals surface area contributed by atoms with Crippen molar-refractivity contribution in [3.8, 4) is 11.3 Å². The van der Waals surface area contributed by atoms with Gasteiger partial charge in [-0.1, -0.05) is 23.7 Å². The molecule has 2 aromatic rings. The van der Waals surface area contributed by atoms with Crippen molar-refractivity contribution in [2.45, 2.75) is 24.4 Å². The van der Waals surface area contributed by atoms with Gasteiger partial charge in [0, 0.05) is 49.3 Å². The van der Waals surface area contributed by atoms with Gasteiger partial charge in [-0.15, -0.1) is 0 Å². The SMILES string of the molecule is COC[C@@H]1CC(F)(F)CN1C1CN(C(=O)c2cc(-c3cccc(Cl)c3)n[nH]2)C1. The van der Waals surface area contributed by atoms with Crippen LogP contribution in [0.1, 0.15) is 16.9 Å². The zero-order valence-corrected chi connectivity index (χ0v) is 16.1. The highest BCUT2D eigenvalue weighted by molar-refractivity contribution is 6.30. The number of carbonyl (C=O) groups is 1. The Labute approximate surface area is 166 Å². The molecule has 0 spiro atoms. The third-order valence-electron chi connectivity index (χ3n) is 5.32. The van der Waals surface area contributed by atoms with Crippen LogP contribution < -0.4 is 0 Å². The van der Waals surface area contributed by atoms with Gasteiger partial charge in [0.05, 0.1) is 18.8 Å². The highest BCUT2D eigenvalue weighted by Gasteiger charge is 2.50. The van der Waals surface area contributed by atoms with Crippen molar-refractivity contribution in [3.05, 3.63) is 41.0 Å². The Hall–Kier alpha value is -2.03. The van der Waals surface area contributed by atoms with E-state index in [9.17, 15) is 13.6 Å². The number of aromatic nitrogens is 2. The minimum atomic E-state index is -2.71. The molecule has 1 N–H and O–H groups in total. The second-order valence-electron chi connectivity index (χ2n) is 7.38. The molecule has 1 atom stereocenters. The lowest BCUT2D eigenvalue weighted by atomic mass is 10.0. The summed E-state index contributed by atoms with van der Waals surface area (Å²) in [7, 11) is 1.51. The van der Waals surface area contributed by atoms with Gasteiger partial charge in [0.1, 0.15) is 5.69 Å². The maximum atomic E-state index is 13.8. The predicted molar refractivity (Wildman–Crippen MR) is 101 cm³/mol. The summed E-state index contributed by atoms with van der Waals surface area (Å²) < 4.78 is 32.7. The first-order valence-electron chi connectivity index (χ1n) is 9.09. The smallest absolute Gasteiger partial charge is 0.271 e. The normalized spacial score (nSPS) is 22.4. The maximum absolute atomic E-state index is 13.8. The summed E-state index contributed by atoms with van der Waals surface area (Å²) in [6.45, 7) is 0.821. The molecule has 150 valence electrons. The summed E-state index contributed by atoms with van der Waals surface area (Å²) >= 11 is 6.00. The fourth-order valence-corrected chi connectivity index (χ4v) is 4.12. The summed E-state index contributed by atoms with van der Waals surface area (Å²) in [4.78, 5) is 16.1. The third-order valence-corrected chi connectivity index (χ3v) is 5.56. The van der Waals surface area contributed by atoms with Gasteiger partial charge in [-0.3, -0.25) is 14.8 Å². The van der Waals surface area contributed by atoms with E-state index < -0.39 is 5.92 Å². The van der Waals surface area contributed by atoms with E-state index in [4.69, 9.17) is 16.3 Å². The van der Waals surface area contributed by atoms with Crippen LogP contribution in [0.4, 0.5) is 8.78 Å². The van der Waals surface area contributed by atoms with E-state index in [-0.39, 0.29) is 37.6 Å². The lowest BCUT2D eigenvalue weighted by Crippen LogP contribution is -2.62. The van der Waals surface area contributed by atoms with Gasteiger partial charge >= 0.3 is 0 Å². The van der Waals surface area contributed by atoms with E-state index in [2.05, 4.69) is 10.2 Å². The van der Waals surface area contributed by atoms with Crippen molar-refractivity contribution in [1.82, 2.24) is 20.0 Å². The number of benzene rings is 1. The Morgan fingerprint density at radius 2 is 2.18 bits per heavy atom. The minimum absolute atomic E-state index is 0.0761. The standard InChI is InChI=1S/C19H21ClF2N4O2/c1-28-10-14-7-19(21,22)11-26(14)15-8-25(9-15)18(27)17-6-16(23-24-17)12-3-2-4-13(20)5-12/h2-6,14-15H,7-11H2,1H3,(H,23,24)/t14-/m0/s1. The predicted octanol–water partition coefficient (Wildman–Crippen LogP) is 2.91. The number of nitrogens with one attached hydrogen (secondary N) is 1. The average Bonchev–Trinajstić information content (AvgIpc) is 3.19. The van der Waals surface area contributed by atoms with Crippen LogP contribution in [-0.2, 0) is 4.74 Å². The summed E-state index contributed by atoms with van der Waals surface area (Å²) in [5.74, 6) is -2.89. The number of ether oxygens (including phenoxy) is 1. The van der Waals surface area contributed by atoms with E-state index in [0.29, 0.717) is 29.5 Å². The number of aromatic amines is 1. The van der Waals surface area contributed by atoms with E-state index in [1.807, 2.05) is 12.1 Å². The molecule has 3 heterocycles. The van der Waals surface area contributed by atoms with Crippen LogP contribution in [0.5, 0.6) is 0 Å². The molecule has 4 rings (SSSR count). The Kier molecular flexibility index (Phi) is 5.11. The first kappa shape index (κ1) is 19.3. The zero-order chi connectivity index (χ0) is 19.9. The molecule has 2 fully saturated rings. The third kappa shape index (κ3) is 3.76. The van der Waals surface area contributed by atoms with E-state index >= 15 is 0 Å². The van der Waals surface area contributed by atoms with Crippen molar-refractivity contribution >= 4 is 17.5 Å². The summed E-state index contributed by atoms with van der Waals surface area (Å²) in [5, 5.41) is 7.54. The van der Waals surface area contributed by atoms with Gasteiger partial charge in [-0.2, -0.15) is 5.10 Å². The van der Waals surface area contributed by atoms with Crippen LogP contribution in [0.2, 0.25) is 5.02 Å². The van der Waals surface area contributed by atoms with Gasteiger partial charge in [-0.25, -0.2) is 8.78 Å². The second-order valence-corrected chi connectivity index (χ2v) is 7.82. The van der Waals surface area contributed by atoms with Crippen molar-refractivity contribution < 1.29 is 18.3 Å². The fourth-order valence-electron chi connectivity index (χ4n) is 3.93. The lowest BCUT2D eigenvalue weighted by molar-refractivity contribution is -0.0137. The zero-order valence-electron chi connectivity index (χ0n) is 15.4. The molecule has 0 unspecified atom stereocenters. The summed E-state index contributed by atoms with van der Waals surface area (Å²) in [6.07, 6.45) is -0.200. The maximum Gasteiger partial charge on any atom is 0.271 e. The molecular weight excluding hydrogens is 390 g/mol. The number of likely N-dealkylation sites (tertiary alicyclic amines) is 2. The van der Waals surface area contributed by atoms with Crippen LogP contribution >= 0.6 is 11.6 Å². The Morgan fingerprint density at radius 3 is 2.89 bits per heavy atom. The second kappa shape index (κ2) is 7.42. The van der Waals surface area contributed by atoms with Crippen LogP contribution in [0.25, 0.3) is 11.3 Å². The number of hydrogen-bond donors (Lipinski definition) is 1. The average molecular weight is 411 g/mol. The molecule has 0 saturated carbocycles. The van der Waals surface area contributed by atoms with E-state index in [1.165, 1.54) is 7.11 Å². The van der Waals surface area contributed by atoms with Crippen molar-refractivity contribution in [2.75, 3.05) is 33.4 Å². The van der Waals surface area contributed by atoms with Gasteiger partial charge in [-0.05, 0) is 18.2 Å².